The number of benzene rings is 4. The second-order valence-electron chi connectivity index (χ2n) is 14.9. The Balaban J connectivity index is 1.35. The number of halogens is 2. The number of ether oxygens (including phenoxy) is 1. The lowest BCUT2D eigenvalue weighted by Gasteiger charge is -2.50. The summed E-state index contributed by atoms with van der Waals surface area (Å²) in [5.41, 5.74) is -1.76. The first-order chi connectivity index (χ1) is 27.6. The first-order valence-corrected chi connectivity index (χ1v) is 19.3. The van der Waals surface area contributed by atoms with Crippen LogP contribution in [0.25, 0.3) is 0 Å². The number of fused-ring (bicyclic) bond motifs is 4. The maximum Gasteiger partial charge on any atom is 0.301 e. The molecule has 4 aromatic carbocycles. The van der Waals surface area contributed by atoms with Gasteiger partial charge in [-0.05, 0) is 76.1 Å². The van der Waals surface area contributed by atoms with Crippen molar-refractivity contribution >= 4 is 79.6 Å². The number of imide groups is 2. The number of aromatic hydroxyl groups is 1. The predicted molar refractivity (Wildman–Crippen MR) is 215 cm³/mol. The van der Waals surface area contributed by atoms with Gasteiger partial charge in [0.25, 0.3) is 0 Å². The standard InChI is InChI=1S/C41H33BrClN5O10/c1-44(2)35-30(47(54)55)17-24(18-31(35)48(56)57)45-37(50)26-13-12-25-27(33(26)39(45)52)19-28-38(51)46(23-11-7-10-22(43)16-23)40(53)41(28,21-8-5-4-6-9-21)34(25)20-14-29(42)36(49)32(15-20)58-3/h4-12,14-18,26-28,33-34,49H,13,19H2,1-3H3/t26-,27+,28-,33-,34-,41+/m0/s1. The van der Waals surface area contributed by atoms with E-state index in [1.165, 1.54) is 32.2 Å². The van der Waals surface area contributed by atoms with E-state index in [4.69, 9.17) is 16.3 Å². The van der Waals surface area contributed by atoms with E-state index in [2.05, 4.69) is 15.9 Å². The minimum absolute atomic E-state index is 0.0140. The minimum atomic E-state index is -1.62. The Morgan fingerprint density at radius 1 is 0.862 bits per heavy atom. The normalized spacial score (nSPS) is 24.9. The van der Waals surface area contributed by atoms with Gasteiger partial charge in [0, 0.05) is 37.2 Å². The van der Waals surface area contributed by atoms with Gasteiger partial charge in [-0.25, -0.2) is 9.80 Å². The molecular formula is C41H33BrClN5O10. The van der Waals surface area contributed by atoms with Crippen LogP contribution in [0.4, 0.5) is 28.4 Å². The highest BCUT2D eigenvalue weighted by atomic mass is 79.9. The van der Waals surface area contributed by atoms with Crippen molar-refractivity contribution in [1.29, 1.82) is 0 Å². The zero-order valence-corrected chi connectivity index (χ0v) is 33.3. The minimum Gasteiger partial charge on any atom is -0.503 e. The SMILES string of the molecule is COc1cc([C@H]2C3=CC[C@@H]4C(=O)N(c5cc([N+](=O)[O-])c(N(C)C)c([N+](=O)[O-])c5)C(=O)[C@@H]4[C@@H]3C[C@H]3C(=O)N(c4cccc(Cl)c4)C(=O)[C@@]23c2ccccc2)cc(Br)c1O. The summed E-state index contributed by atoms with van der Waals surface area (Å²) >= 11 is 9.83. The molecule has 6 atom stereocenters. The Morgan fingerprint density at radius 3 is 2.14 bits per heavy atom. The fraction of sp³-hybridized carbons (Fsp3) is 0.268. The predicted octanol–water partition coefficient (Wildman–Crippen LogP) is 7.07. The number of nitro groups is 2. The van der Waals surface area contributed by atoms with Gasteiger partial charge in [0.05, 0.1) is 56.0 Å². The summed E-state index contributed by atoms with van der Waals surface area (Å²) in [6, 6.07) is 20.4. The molecule has 0 radical (unpaired) electrons. The van der Waals surface area contributed by atoms with E-state index in [1.807, 2.05) is 6.08 Å². The van der Waals surface area contributed by atoms with Gasteiger partial charge in [-0.3, -0.25) is 39.4 Å². The van der Waals surface area contributed by atoms with Gasteiger partial charge in [-0.2, -0.15) is 0 Å². The lowest BCUT2D eigenvalue weighted by molar-refractivity contribution is -0.392. The largest absolute Gasteiger partial charge is 0.503 e. The van der Waals surface area contributed by atoms with Crippen LogP contribution >= 0.6 is 27.5 Å². The third kappa shape index (κ3) is 5.52. The van der Waals surface area contributed by atoms with Crippen LogP contribution in [-0.4, -0.2) is 59.8 Å². The summed E-state index contributed by atoms with van der Waals surface area (Å²) in [5.74, 6) is -7.67. The van der Waals surface area contributed by atoms with Gasteiger partial charge >= 0.3 is 11.4 Å². The number of amides is 4. The Hall–Kier alpha value is -6.13. The lowest BCUT2D eigenvalue weighted by Crippen LogP contribution is -2.53. The van der Waals surface area contributed by atoms with Crippen LogP contribution in [0.1, 0.15) is 29.9 Å². The van der Waals surface area contributed by atoms with Gasteiger partial charge in [-0.15, -0.1) is 0 Å². The van der Waals surface area contributed by atoms with Crippen molar-refractivity contribution in [1.82, 2.24) is 0 Å². The molecule has 58 heavy (non-hydrogen) atoms. The fourth-order valence-corrected chi connectivity index (χ4v) is 10.4. The fourth-order valence-electron chi connectivity index (χ4n) is 9.74. The second-order valence-corrected chi connectivity index (χ2v) is 16.2. The number of phenols is 1. The molecule has 0 spiro atoms. The highest BCUT2D eigenvalue weighted by Gasteiger charge is 2.70. The molecule has 3 fully saturated rings. The number of anilines is 3. The maximum absolute atomic E-state index is 15.5. The highest BCUT2D eigenvalue weighted by Crippen LogP contribution is 2.65. The summed E-state index contributed by atoms with van der Waals surface area (Å²) in [5, 5.41) is 35.7. The van der Waals surface area contributed by atoms with Crippen LogP contribution in [-0.2, 0) is 24.6 Å². The molecule has 1 saturated carbocycles. The molecule has 4 aromatic rings. The van der Waals surface area contributed by atoms with E-state index in [9.17, 15) is 34.9 Å². The molecule has 4 aliphatic rings. The van der Waals surface area contributed by atoms with Crippen molar-refractivity contribution in [2.45, 2.75) is 24.2 Å². The van der Waals surface area contributed by atoms with Crippen molar-refractivity contribution in [2.75, 3.05) is 35.9 Å². The number of hydrogen-bond donors (Lipinski definition) is 1. The number of nitrogens with zero attached hydrogens (tertiary/aromatic N) is 5. The van der Waals surface area contributed by atoms with Crippen LogP contribution in [0.3, 0.4) is 0 Å². The van der Waals surface area contributed by atoms with Crippen molar-refractivity contribution in [2.24, 2.45) is 23.7 Å². The van der Waals surface area contributed by atoms with Crippen LogP contribution in [0.5, 0.6) is 11.5 Å². The van der Waals surface area contributed by atoms with Gasteiger partial charge in [0.15, 0.2) is 17.2 Å². The van der Waals surface area contributed by atoms with Crippen molar-refractivity contribution in [3.63, 3.8) is 0 Å². The molecule has 2 saturated heterocycles. The molecule has 1 N–H and O–H groups in total. The Kier molecular flexibility index (Phi) is 9.39. The zero-order chi connectivity index (χ0) is 41.5. The summed E-state index contributed by atoms with van der Waals surface area (Å²) in [6.45, 7) is 0. The van der Waals surface area contributed by atoms with E-state index in [1.54, 1.807) is 60.7 Å². The van der Waals surface area contributed by atoms with E-state index in [-0.39, 0.29) is 45.9 Å². The lowest BCUT2D eigenvalue weighted by atomic mass is 9.49. The molecule has 296 valence electrons. The molecule has 0 bridgehead atoms. The molecular weight excluding hydrogens is 838 g/mol. The number of allylic oxidation sites excluding steroid dienone is 2. The van der Waals surface area contributed by atoms with E-state index >= 15 is 9.59 Å². The molecule has 2 heterocycles. The zero-order valence-electron chi connectivity index (χ0n) is 31.0. The van der Waals surface area contributed by atoms with Gasteiger partial charge in [0.1, 0.15) is 0 Å². The molecule has 2 aliphatic heterocycles. The average Bonchev–Trinajstić information content (AvgIpc) is 3.59. The molecule has 4 amide bonds. The molecule has 17 heteroatoms. The second kappa shape index (κ2) is 14.1. The first kappa shape index (κ1) is 38.7. The number of carbonyl (C=O) groups excluding carboxylic acids is 4. The number of carbonyl (C=O) groups is 4. The molecule has 15 nitrogen and oxygen atoms in total. The molecule has 2 aliphatic carbocycles. The summed E-state index contributed by atoms with van der Waals surface area (Å²) < 4.78 is 5.79. The number of phenolic OH excluding ortho intramolecular Hbond substituents is 1. The van der Waals surface area contributed by atoms with E-state index in [0.29, 0.717) is 21.7 Å². The Labute approximate surface area is 343 Å². The Bertz CT molecular complexity index is 2500. The van der Waals surface area contributed by atoms with Gasteiger partial charge in [-0.1, -0.05) is 59.6 Å². The number of rotatable bonds is 8. The van der Waals surface area contributed by atoms with Gasteiger partial charge < -0.3 is 14.7 Å². The van der Waals surface area contributed by atoms with Crippen molar-refractivity contribution in [3.8, 4) is 11.5 Å². The van der Waals surface area contributed by atoms with Crippen molar-refractivity contribution in [3.05, 3.63) is 131 Å². The van der Waals surface area contributed by atoms with Crippen LogP contribution < -0.4 is 19.4 Å². The average molecular weight is 871 g/mol. The summed E-state index contributed by atoms with van der Waals surface area (Å²) in [7, 11) is 4.18. The topological polar surface area (TPSA) is 194 Å². The van der Waals surface area contributed by atoms with E-state index in [0.717, 1.165) is 21.9 Å². The summed E-state index contributed by atoms with van der Waals surface area (Å²) in [6.07, 6.45) is 1.78. The quantitative estimate of drug-likeness (QED) is 0.0824. The number of methoxy groups -OCH3 is 1. The number of hydrogen-bond acceptors (Lipinski definition) is 11. The maximum atomic E-state index is 15.5. The summed E-state index contributed by atoms with van der Waals surface area (Å²) in [4.78, 5) is 85.7. The van der Waals surface area contributed by atoms with Crippen LogP contribution in [0, 0.1) is 43.9 Å². The van der Waals surface area contributed by atoms with Crippen molar-refractivity contribution < 1.29 is 38.9 Å². The smallest absolute Gasteiger partial charge is 0.301 e. The molecule has 8 rings (SSSR count). The van der Waals surface area contributed by atoms with Crippen LogP contribution in [0.2, 0.25) is 5.02 Å². The third-order valence-corrected chi connectivity index (χ3v) is 12.8. The third-order valence-electron chi connectivity index (χ3n) is 11.9. The van der Waals surface area contributed by atoms with Gasteiger partial charge in [0.2, 0.25) is 23.6 Å². The first-order valence-electron chi connectivity index (χ1n) is 18.1. The van der Waals surface area contributed by atoms with Crippen LogP contribution in [0.15, 0.2) is 95.0 Å². The van der Waals surface area contributed by atoms with E-state index < -0.39 is 79.9 Å². The number of nitro benzene ring substituents is 2. The molecule has 0 unspecified atom stereocenters. The Morgan fingerprint density at radius 2 is 1.53 bits per heavy atom. The molecule has 0 aromatic heterocycles. The monoisotopic (exact) mass is 869 g/mol. The highest BCUT2D eigenvalue weighted by molar-refractivity contribution is 9.10.